The van der Waals surface area contributed by atoms with Gasteiger partial charge in [-0.2, -0.15) is 0 Å². The van der Waals surface area contributed by atoms with Gasteiger partial charge in [0.2, 0.25) is 0 Å². The number of nitrogens with zero attached hydrogens (tertiary/aromatic N) is 3. The molecule has 1 aromatic heterocycles. The Morgan fingerprint density at radius 3 is 2.83 bits per heavy atom. The molecule has 2 heterocycles. The van der Waals surface area contributed by atoms with Crippen molar-refractivity contribution in [2.75, 3.05) is 25.2 Å². The lowest BCUT2D eigenvalue weighted by Crippen LogP contribution is -2.31. The van der Waals surface area contributed by atoms with Crippen molar-refractivity contribution in [1.82, 2.24) is 9.97 Å². The summed E-state index contributed by atoms with van der Waals surface area (Å²) in [6.07, 6.45) is 2.03. The maximum atomic E-state index is 5.74. The largest absolute Gasteiger partial charge is 0.494 e. The molecule has 5 nitrogen and oxygen atoms in total. The number of anilines is 1. The molecule has 3 rings (SSSR count). The van der Waals surface area contributed by atoms with E-state index < -0.39 is 0 Å². The average Bonchev–Trinajstić information content (AvgIpc) is 2.59. The SMILES string of the molecule is CCCOc1ccc2c(c1)CCN(c1cc(C)nc(COC)n1)C2. The number of methoxy groups -OCH3 is 1. The summed E-state index contributed by atoms with van der Waals surface area (Å²) in [5, 5.41) is 0. The third-order valence-electron chi connectivity index (χ3n) is 4.15. The number of hydrogen-bond donors (Lipinski definition) is 0. The smallest absolute Gasteiger partial charge is 0.156 e. The van der Waals surface area contributed by atoms with Crippen molar-refractivity contribution < 1.29 is 9.47 Å². The molecule has 0 N–H and O–H groups in total. The minimum atomic E-state index is 0.442. The summed E-state index contributed by atoms with van der Waals surface area (Å²) in [6, 6.07) is 8.48. The van der Waals surface area contributed by atoms with Crippen LogP contribution in [0.25, 0.3) is 0 Å². The second-order valence-corrected chi connectivity index (χ2v) is 6.17. The molecule has 1 aliphatic heterocycles. The molecule has 1 aliphatic rings. The normalized spacial score (nSPS) is 13.7. The van der Waals surface area contributed by atoms with Crippen LogP contribution in [0, 0.1) is 6.92 Å². The van der Waals surface area contributed by atoms with Crippen LogP contribution in [0.4, 0.5) is 5.82 Å². The Hall–Kier alpha value is -2.14. The average molecular weight is 327 g/mol. The summed E-state index contributed by atoms with van der Waals surface area (Å²) in [5.41, 5.74) is 3.69. The predicted molar refractivity (Wildman–Crippen MR) is 94.5 cm³/mol. The zero-order chi connectivity index (χ0) is 16.9. The van der Waals surface area contributed by atoms with Crippen LogP contribution in [-0.4, -0.2) is 30.2 Å². The van der Waals surface area contributed by atoms with Crippen LogP contribution < -0.4 is 9.64 Å². The van der Waals surface area contributed by atoms with Crippen LogP contribution in [0.5, 0.6) is 5.75 Å². The topological polar surface area (TPSA) is 47.5 Å². The van der Waals surface area contributed by atoms with Gasteiger partial charge in [0.15, 0.2) is 5.82 Å². The van der Waals surface area contributed by atoms with E-state index in [1.165, 1.54) is 11.1 Å². The zero-order valence-corrected chi connectivity index (χ0v) is 14.7. The Morgan fingerprint density at radius 2 is 2.04 bits per heavy atom. The first-order chi connectivity index (χ1) is 11.7. The molecule has 2 aromatic rings. The third kappa shape index (κ3) is 3.85. The summed E-state index contributed by atoms with van der Waals surface area (Å²) < 4.78 is 10.9. The zero-order valence-electron chi connectivity index (χ0n) is 14.7. The van der Waals surface area contributed by atoms with Crippen molar-refractivity contribution in [3.8, 4) is 5.75 Å². The lowest BCUT2D eigenvalue weighted by molar-refractivity contribution is 0.177. The molecule has 0 radical (unpaired) electrons. The standard InChI is InChI=1S/C19H25N3O2/c1-4-9-24-17-6-5-16-12-22(8-7-15(16)11-17)19-10-14(2)20-18(21-19)13-23-3/h5-6,10-11H,4,7-9,12-13H2,1-3H3. The van der Waals surface area contributed by atoms with Crippen molar-refractivity contribution >= 4 is 5.82 Å². The molecular weight excluding hydrogens is 302 g/mol. The summed E-state index contributed by atoms with van der Waals surface area (Å²) in [5.74, 6) is 2.69. The highest BCUT2D eigenvalue weighted by atomic mass is 16.5. The van der Waals surface area contributed by atoms with Crippen LogP contribution >= 0.6 is 0 Å². The number of hydrogen-bond acceptors (Lipinski definition) is 5. The summed E-state index contributed by atoms with van der Waals surface area (Å²) in [7, 11) is 1.67. The number of rotatable bonds is 6. The molecule has 0 saturated carbocycles. The van der Waals surface area contributed by atoms with Gasteiger partial charge < -0.3 is 14.4 Å². The van der Waals surface area contributed by atoms with E-state index in [0.29, 0.717) is 6.61 Å². The highest BCUT2D eigenvalue weighted by Crippen LogP contribution is 2.27. The van der Waals surface area contributed by atoms with Gasteiger partial charge in [0.1, 0.15) is 18.2 Å². The van der Waals surface area contributed by atoms with E-state index in [2.05, 4.69) is 40.0 Å². The van der Waals surface area contributed by atoms with E-state index in [9.17, 15) is 0 Å². The molecule has 0 aliphatic carbocycles. The van der Waals surface area contributed by atoms with Gasteiger partial charge >= 0.3 is 0 Å². The molecule has 0 amide bonds. The number of aromatic nitrogens is 2. The van der Waals surface area contributed by atoms with Gasteiger partial charge in [-0.25, -0.2) is 9.97 Å². The first-order valence-corrected chi connectivity index (χ1v) is 8.52. The molecule has 1 aromatic carbocycles. The van der Waals surface area contributed by atoms with E-state index in [1.807, 2.05) is 13.0 Å². The fraction of sp³-hybridized carbons (Fsp3) is 0.474. The van der Waals surface area contributed by atoms with Gasteiger partial charge in [0.25, 0.3) is 0 Å². The first kappa shape index (κ1) is 16.7. The Bertz CT molecular complexity index is 703. The van der Waals surface area contributed by atoms with Gasteiger partial charge in [-0.15, -0.1) is 0 Å². The quantitative estimate of drug-likeness (QED) is 0.815. The molecule has 0 bridgehead atoms. The monoisotopic (exact) mass is 327 g/mol. The Balaban J connectivity index is 1.77. The van der Waals surface area contributed by atoms with Gasteiger partial charge in [-0.3, -0.25) is 0 Å². The number of aryl methyl sites for hydroxylation is 1. The highest BCUT2D eigenvalue weighted by molar-refractivity contribution is 5.46. The molecule has 0 fully saturated rings. The van der Waals surface area contributed by atoms with Gasteiger partial charge in [-0.05, 0) is 43.0 Å². The Kier molecular flexibility index (Phi) is 5.30. The molecule has 0 atom stereocenters. The van der Waals surface area contributed by atoms with Crippen LogP contribution in [0.3, 0.4) is 0 Å². The lowest BCUT2D eigenvalue weighted by atomic mass is 9.99. The fourth-order valence-electron chi connectivity index (χ4n) is 3.00. The van der Waals surface area contributed by atoms with E-state index >= 15 is 0 Å². The summed E-state index contributed by atoms with van der Waals surface area (Å²) >= 11 is 0. The second kappa shape index (κ2) is 7.62. The van der Waals surface area contributed by atoms with Crippen molar-refractivity contribution in [3.05, 3.63) is 46.9 Å². The Morgan fingerprint density at radius 1 is 1.17 bits per heavy atom. The molecule has 24 heavy (non-hydrogen) atoms. The van der Waals surface area contributed by atoms with Crippen molar-refractivity contribution in [1.29, 1.82) is 0 Å². The van der Waals surface area contributed by atoms with Crippen molar-refractivity contribution in [3.63, 3.8) is 0 Å². The van der Waals surface area contributed by atoms with Gasteiger partial charge in [0.05, 0.1) is 6.61 Å². The highest BCUT2D eigenvalue weighted by Gasteiger charge is 2.19. The van der Waals surface area contributed by atoms with E-state index in [0.717, 1.165) is 55.6 Å². The second-order valence-electron chi connectivity index (χ2n) is 6.17. The minimum absolute atomic E-state index is 0.442. The Labute approximate surface area is 143 Å². The van der Waals surface area contributed by atoms with Crippen LogP contribution in [0.2, 0.25) is 0 Å². The molecule has 5 heteroatoms. The maximum Gasteiger partial charge on any atom is 0.156 e. The van der Waals surface area contributed by atoms with E-state index in [-0.39, 0.29) is 0 Å². The van der Waals surface area contributed by atoms with Gasteiger partial charge in [-0.1, -0.05) is 13.0 Å². The molecule has 0 unspecified atom stereocenters. The number of benzene rings is 1. The maximum absolute atomic E-state index is 5.74. The molecular formula is C19H25N3O2. The van der Waals surface area contributed by atoms with Gasteiger partial charge in [0, 0.05) is 32.0 Å². The predicted octanol–water partition coefficient (Wildman–Crippen LogP) is 3.28. The minimum Gasteiger partial charge on any atom is -0.494 e. The third-order valence-corrected chi connectivity index (χ3v) is 4.15. The fourth-order valence-corrected chi connectivity index (χ4v) is 3.00. The molecule has 0 saturated heterocycles. The van der Waals surface area contributed by atoms with Crippen LogP contribution in [-0.2, 0) is 24.3 Å². The van der Waals surface area contributed by atoms with Crippen molar-refractivity contribution in [2.45, 2.75) is 39.8 Å². The van der Waals surface area contributed by atoms with Crippen molar-refractivity contribution in [2.24, 2.45) is 0 Å². The first-order valence-electron chi connectivity index (χ1n) is 8.52. The molecule has 0 spiro atoms. The van der Waals surface area contributed by atoms with E-state index in [4.69, 9.17) is 9.47 Å². The number of ether oxygens (including phenoxy) is 2. The summed E-state index contributed by atoms with van der Waals surface area (Å²) in [4.78, 5) is 11.4. The van der Waals surface area contributed by atoms with Crippen LogP contribution in [0.1, 0.15) is 36.0 Å². The summed E-state index contributed by atoms with van der Waals surface area (Å²) in [6.45, 7) is 7.15. The molecule has 128 valence electrons. The number of fused-ring (bicyclic) bond motifs is 1. The lowest BCUT2D eigenvalue weighted by Gasteiger charge is -2.30. The van der Waals surface area contributed by atoms with E-state index in [1.54, 1.807) is 7.11 Å². The van der Waals surface area contributed by atoms with Crippen LogP contribution in [0.15, 0.2) is 24.3 Å².